The molecular formula is C13H25N3. The van der Waals surface area contributed by atoms with Crippen molar-refractivity contribution in [2.75, 3.05) is 6.54 Å². The van der Waals surface area contributed by atoms with Crippen LogP contribution in [0.15, 0.2) is 6.07 Å². The molecule has 1 aromatic rings. The van der Waals surface area contributed by atoms with Gasteiger partial charge in [-0.3, -0.25) is 4.68 Å². The van der Waals surface area contributed by atoms with E-state index >= 15 is 0 Å². The molecule has 1 atom stereocenters. The molecule has 0 amide bonds. The van der Waals surface area contributed by atoms with Crippen molar-refractivity contribution < 1.29 is 0 Å². The van der Waals surface area contributed by atoms with Crippen LogP contribution in [0, 0.1) is 18.3 Å². The summed E-state index contributed by atoms with van der Waals surface area (Å²) in [4.78, 5) is 0. The first-order valence-corrected chi connectivity index (χ1v) is 6.11. The van der Waals surface area contributed by atoms with Crippen molar-refractivity contribution in [2.45, 2.75) is 47.6 Å². The quantitative estimate of drug-likeness (QED) is 0.851. The summed E-state index contributed by atoms with van der Waals surface area (Å²) in [5.41, 5.74) is 8.54. The van der Waals surface area contributed by atoms with Crippen molar-refractivity contribution in [3.05, 3.63) is 17.5 Å². The van der Waals surface area contributed by atoms with Gasteiger partial charge in [0.25, 0.3) is 0 Å². The van der Waals surface area contributed by atoms with E-state index in [9.17, 15) is 0 Å². The van der Waals surface area contributed by atoms with Crippen molar-refractivity contribution >= 4 is 0 Å². The zero-order valence-corrected chi connectivity index (χ0v) is 11.2. The Hall–Kier alpha value is -0.830. The van der Waals surface area contributed by atoms with Crippen LogP contribution in [0.1, 0.15) is 39.1 Å². The summed E-state index contributed by atoms with van der Waals surface area (Å²) >= 11 is 0. The van der Waals surface area contributed by atoms with Gasteiger partial charge in [0.2, 0.25) is 0 Å². The molecule has 1 rings (SSSR count). The second-order valence-corrected chi connectivity index (χ2v) is 5.60. The normalized spacial score (nSPS) is 14.1. The van der Waals surface area contributed by atoms with E-state index in [1.807, 2.05) is 6.92 Å². The molecule has 1 aromatic heterocycles. The van der Waals surface area contributed by atoms with Gasteiger partial charge in [-0.05, 0) is 44.2 Å². The van der Waals surface area contributed by atoms with Gasteiger partial charge < -0.3 is 5.73 Å². The number of aryl methyl sites for hydroxylation is 2. The van der Waals surface area contributed by atoms with Gasteiger partial charge in [-0.15, -0.1) is 0 Å². The van der Waals surface area contributed by atoms with Crippen LogP contribution in [-0.2, 0) is 13.0 Å². The average molecular weight is 223 g/mol. The number of hydrogen-bond acceptors (Lipinski definition) is 2. The average Bonchev–Trinajstić information content (AvgIpc) is 2.53. The smallest absolute Gasteiger partial charge is 0.0596 e. The molecule has 3 heteroatoms. The lowest BCUT2D eigenvalue weighted by molar-refractivity contribution is 0.241. The van der Waals surface area contributed by atoms with E-state index < -0.39 is 0 Å². The Morgan fingerprint density at radius 2 is 2.06 bits per heavy atom. The van der Waals surface area contributed by atoms with Crippen molar-refractivity contribution in [2.24, 2.45) is 17.1 Å². The van der Waals surface area contributed by atoms with Crippen LogP contribution < -0.4 is 5.73 Å². The summed E-state index contributed by atoms with van der Waals surface area (Å²) in [6, 6.07) is 2.18. The maximum absolute atomic E-state index is 5.88. The zero-order valence-electron chi connectivity index (χ0n) is 11.2. The predicted molar refractivity (Wildman–Crippen MR) is 68.3 cm³/mol. The second kappa shape index (κ2) is 5.00. The first-order valence-electron chi connectivity index (χ1n) is 6.11. The highest BCUT2D eigenvalue weighted by molar-refractivity contribution is 5.10. The molecule has 0 bridgehead atoms. The fourth-order valence-corrected chi connectivity index (χ4v) is 2.03. The van der Waals surface area contributed by atoms with Crippen molar-refractivity contribution in [3.63, 3.8) is 0 Å². The van der Waals surface area contributed by atoms with Crippen LogP contribution in [0.5, 0.6) is 0 Å². The Morgan fingerprint density at radius 3 is 2.50 bits per heavy atom. The largest absolute Gasteiger partial charge is 0.330 e. The molecule has 0 aliphatic rings. The van der Waals surface area contributed by atoms with Crippen LogP contribution >= 0.6 is 0 Å². The van der Waals surface area contributed by atoms with E-state index in [1.54, 1.807) is 0 Å². The van der Waals surface area contributed by atoms with Crippen molar-refractivity contribution in [3.8, 4) is 0 Å². The molecule has 0 saturated heterocycles. The molecule has 0 aliphatic heterocycles. The molecule has 0 radical (unpaired) electrons. The first kappa shape index (κ1) is 13.2. The molecule has 1 unspecified atom stereocenters. The predicted octanol–water partition coefficient (Wildman–Crippen LogP) is 2.37. The third kappa shape index (κ3) is 3.08. The van der Waals surface area contributed by atoms with Gasteiger partial charge in [-0.1, -0.05) is 20.8 Å². The van der Waals surface area contributed by atoms with Gasteiger partial charge >= 0.3 is 0 Å². The SMILES string of the molecule is CCn1nc(C)cc1CC(CN)C(C)(C)C. The monoisotopic (exact) mass is 223 g/mol. The van der Waals surface area contributed by atoms with E-state index in [1.165, 1.54) is 5.69 Å². The highest BCUT2D eigenvalue weighted by atomic mass is 15.3. The van der Waals surface area contributed by atoms with Gasteiger partial charge in [-0.2, -0.15) is 5.10 Å². The maximum atomic E-state index is 5.88. The molecule has 16 heavy (non-hydrogen) atoms. The Kier molecular flexibility index (Phi) is 4.14. The minimum absolute atomic E-state index is 0.255. The molecule has 0 fully saturated rings. The van der Waals surface area contributed by atoms with Crippen LogP contribution in [0.4, 0.5) is 0 Å². The van der Waals surface area contributed by atoms with Gasteiger partial charge in [-0.25, -0.2) is 0 Å². The third-order valence-corrected chi connectivity index (χ3v) is 3.25. The van der Waals surface area contributed by atoms with E-state index in [2.05, 4.69) is 43.5 Å². The summed E-state index contributed by atoms with van der Waals surface area (Å²) in [7, 11) is 0. The fraction of sp³-hybridized carbons (Fsp3) is 0.769. The second-order valence-electron chi connectivity index (χ2n) is 5.60. The van der Waals surface area contributed by atoms with Crippen LogP contribution in [-0.4, -0.2) is 16.3 Å². The van der Waals surface area contributed by atoms with E-state index in [-0.39, 0.29) is 5.41 Å². The minimum atomic E-state index is 0.255. The molecule has 0 aromatic carbocycles. The highest BCUT2D eigenvalue weighted by Crippen LogP contribution is 2.28. The van der Waals surface area contributed by atoms with Gasteiger partial charge in [0.05, 0.1) is 5.69 Å². The van der Waals surface area contributed by atoms with E-state index in [0.29, 0.717) is 5.92 Å². The standard InChI is InChI=1S/C13H25N3/c1-6-16-12(7-10(2)15-16)8-11(9-14)13(3,4)5/h7,11H,6,8-9,14H2,1-5H3. The number of hydrogen-bond donors (Lipinski definition) is 1. The maximum Gasteiger partial charge on any atom is 0.0596 e. The minimum Gasteiger partial charge on any atom is -0.330 e. The highest BCUT2D eigenvalue weighted by Gasteiger charge is 2.24. The van der Waals surface area contributed by atoms with Crippen LogP contribution in [0.2, 0.25) is 0 Å². The summed E-state index contributed by atoms with van der Waals surface area (Å²) in [5.74, 6) is 0.508. The Morgan fingerprint density at radius 1 is 1.44 bits per heavy atom. The number of nitrogens with zero attached hydrogens (tertiary/aromatic N) is 2. The summed E-state index contributed by atoms with van der Waals surface area (Å²) < 4.78 is 2.09. The summed E-state index contributed by atoms with van der Waals surface area (Å²) in [5, 5.41) is 4.47. The van der Waals surface area contributed by atoms with Crippen LogP contribution in [0.25, 0.3) is 0 Å². The molecule has 3 nitrogen and oxygen atoms in total. The van der Waals surface area contributed by atoms with Crippen molar-refractivity contribution in [1.82, 2.24) is 9.78 Å². The first-order chi connectivity index (χ1) is 7.38. The fourth-order valence-electron chi connectivity index (χ4n) is 2.03. The van der Waals surface area contributed by atoms with Gasteiger partial charge in [0.15, 0.2) is 0 Å². The Labute approximate surface area is 99.0 Å². The van der Waals surface area contributed by atoms with E-state index in [0.717, 1.165) is 25.2 Å². The number of rotatable bonds is 4. The van der Waals surface area contributed by atoms with E-state index in [4.69, 9.17) is 5.73 Å². The lowest BCUT2D eigenvalue weighted by atomic mass is 9.78. The lowest BCUT2D eigenvalue weighted by Crippen LogP contribution is -2.30. The van der Waals surface area contributed by atoms with Gasteiger partial charge in [0, 0.05) is 12.2 Å². The summed E-state index contributed by atoms with van der Waals surface area (Å²) in [6.07, 6.45) is 1.02. The van der Waals surface area contributed by atoms with Gasteiger partial charge in [0.1, 0.15) is 0 Å². The number of nitrogens with two attached hydrogens (primary N) is 1. The Bertz CT molecular complexity index is 333. The molecule has 1 heterocycles. The lowest BCUT2D eigenvalue weighted by Gasteiger charge is -2.29. The Balaban J connectivity index is 2.85. The summed E-state index contributed by atoms with van der Waals surface area (Å²) in [6.45, 7) is 12.6. The molecule has 0 saturated carbocycles. The molecule has 92 valence electrons. The van der Waals surface area contributed by atoms with Crippen molar-refractivity contribution in [1.29, 1.82) is 0 Å². The topological polar surface area (TPSA) is 43.8 Å². The molecule has 0 aliphatic carbocycles. The number of aromatic nitrogens is 2. The van der Waals surface area contributed by atoms with Crippen LogP contribution in [0.3, 0.4) is 0 Å². The molecular weight excluding hydrogens is 198 g/mol. The molecule has 0 spiro atoms. The zero-order chi connectivity index (χ0) is 12.3. The molecule has 2 N–H and O–H groups in total. The third-order valence-electron chi connectivity index (χ3n) is 3.25.